The number of nitrogens with zero attached hydrogens (tertiary/aromatic N) is 4. The Balaban J connectivity index is 1.72. The smallest absolute Gasteiger partial charge is 0.266 e. The number of methoxy groups -OCH3 is 1. The number of aromatic nitrogens is 2. The van der Waals surface area contributed by atoms with Gasteiger partial charge in [-0.25, -0.2) is 4.68 Å². The number of carbonyl (C=O) groups is 1. The summed E-state index contributed by atoms with van der Waals surface area (Å²) in [6, 6.07) is 28.8. The number of nitrogens with one attached hydrogen (secondary N) is 1. The topological polar surface area (TPSA) is 83.2 Å². The van der Waals surface area contributed by atoms with Crippen LogP contribution in [0.15, 0.2) is 102 Å². The minimum atomic E-state index is -0.649. The lowest BCUT2D eigenvalue weighted by Gasteiger charge is -2.37. The molecule has 35 heavy (non-hydrogen) atoms. The summed E-state index contributed by atoms with van der Waals surface area (Å²) >= 11 is 4.61. The lowest BCUT2D eigenvalue weighted by atomic mass is 10.0. The second-order valence-corrected chi connectivity index (χ2v) is 8.26. The number of anilines is 1. The van der Waals surface area contributed by atoms with Crippen LogP contribution >= 0.6 is 12.6 Å². The van der Waals surface area contributed by atoms with Crippen LogP contribution in [0.1, 0.15) is 11.7 Å². The Morgan fingerprint density at radius 1 is 0.971 bits per heavy atom. The number of hydrogen-bond acceptors (Lipinski definition) is 6. The average molecular weight is 480 g/mol. The fourth-order valence-corrected chi connectivity index (χ4v) is 4.44. The van der Waals surface area contributed by atoms with E-state index in [1.807, 2.05) is 102 Å². The predicted octanol–water partition coefficient (Wildman–Crippen LogP) is 4.85. The molecular formula is C27H21N5O2S. The molecule has 0 bridgehead atoms. The van der Waals surface area contributed by atoms with Crippen LogP contribution in [0.4, 0.5) is 5.69 Å². The molecule has 0 fully saturated rings. The quantitative estimate of drug-likeness (QED) is 0.400. The Morgan fingerprint density at radius 2 is 1.60 bits per heavy atom. The van der Waals surface area contributed by atoms with Crippen molar-refractivity contribution in [2.45, 2.75) is 6.17 Å². The van der Waals surface area contributed by atoms with Crippen LogP contribution in [0.2, 0.25) is 0 Å². The normalized spacial score (nSPS) is 15.5. The molecule has 1 aromatic heterocycles. The van der Waals surface area contributed by atoms with Gasteiger partial charge in [-0.05, 0) is 48.5 Å². The number of para-hydroxylation sites is 2. The van der Waals surface area contributed by atoms with Gasteiger partial charge in [-0.15, -0.1) is 12.6 Å². The molecule has 5 rings (SSSR count). The highest BCUT2D eigenvalue weighted by atomic mass is 32.1. The Labute approximate surface area is 208 Å². The zero-order valence-electron chi connectivity index (χ0n) is 18.8. The maximum atomic E-state index is 12.9. The van der Waals surface area contributed by atoms with Crippen molar-refractivity contribution in [3.63, 3.8) is 0 Å². The second kappa shape index (κ2) is 9.41. The van der Waals surface area contributed by atoms with E-state index in [0.717, 1.165) is 28.3 Å². The minimum Gasteiger partial charge on any atom is -0.497 e. The highest BCUT2D eigenvalue weighted by molar-refractivity contribution is 7.84. The summed E-state index contributed by atoms with van der Waals surface area (Å²) in [4.78, 5) is 14.7. The molecule has 0 spiro atoms. The Kier molecular flexibility index (Phi) is 6.00. The fourth-order valence-electron chi connectivity index (χ4n) is 4.06. The van der Waals surface area contributed by atoms with Gasteiger partial charge in [0.1, 0.15) is 23.6 Å². The van der Waals surface area contributed by atoms with Gasteiger partial charge in [0.25, 0.3) is 5.91 Å². The first-order valence-electron chi connectivity index (χ1n) is 10.9. The van der Waals surface area contributed by atoms with E-state index in [1.165, 1.54) is 0 Å². The molecule has 172 valence electrons. The van der Waals surface area contributed by atoms with Crippen LogP contribution in [0, 0.1) is 11.3 Å². The van der Waals surface area contributed by atoms with Crippen LogP contribution in [0.25, 0.3) is 16.9 Å². The lowest BCUT2D eigenvalue weighted by Crippen LogP contribution is -2.46. The summed E-state index contributed by atoms with van der Waals surface area (Å²) < 4.78 is 7.10. The highest BCUT2D eigenvalue weighted by Gasteiger charge is 2.36. The minimum absolute atomic E-state index is 0.0464. The van der Waals surface area contributed by atoms with Crippen molar-refractivity contribution in [2.24, 2.45) is 0 Å². The maximum absolute atomic E-state index is 12.9. The van der Waals surface area contributed by atoms with Gasteiger partial charge in [-0.3, -0.25) is 4.79 Å². The Bertz CT molecular complexity index is 1440. The molecule has 1 amide bonds. The van der Waals surface area contributed by atoms with E-state index in [2.05, 4.69) is 17.9 Å². The van der Waals surface area contributed by atoms with Gasteiger partial charge in [-0.2, -0.15) is 10.4 Å². The van der Waals surface area contributed by atoms with Gasteiger partial charge in [0, 0.05) is 23.0 Å². The third-order valence-corrected chi connectivity index (χ3v) is 6.21. The van der Waals surface area contributed by atoms with Crippen LogP contribution in [-0.2, 0) is 4.79 Å². The molecule has 0 saturated carbocycles. The van der Waals surface area contributed by atoms with E-state index in [1.54, 1.807) is 11.8 Å². The Morgan fingerprint density at radius 3 is 2.20 bits per heavy atom. The maximum Gasteiger partial charge on any atom is 0.266 e. The van der Waals surface area contributed by atoms with Gasteiger partial charge in [0.2, 0.25) is 0 Å². The molecule has 1 aliphatic heterocycles. The van der Waals surface area contributed by atoms with Gasteiger partial charge < -0.3 is 15.0 Å². The predicted molar refractivity (Wildman–Crippen MR) is 137 cm³/mol. The first kappa shape index (κ1) is 22.3. The van der Waals surface area contributed by atoms with E-state index in [9.17, 15) is 10.1 Å². The molecule has 0 saturated heterocycles. The highest BCUT2D eigenvalue weighted by Crippen LogP contribution is 2.39. The largest absolute Gasteiger partial charge is 0.497 e. The third-order valence-electron chi connectivity index (χ3n) is 5.77. The van der Waals surface area contributed by atoms with E-state index in [-0.39, 0.29) is 10.6 Å². The van der Waals surface area contributed by atoms with Crippen LogP contribution < -0.4 is 15.0 Å². The summed E-state index contributed by atoms with van der Waals surface area (Å²) in [5, 5.41) is 17.8. The molecule has 1 N–H and O–H groups in total. The third kappa shape index (κ3) is 4.14. The first-order chi connectivity index (χ1) is 17.1. The van der Waals surface area contributed by atoms with Gasteiger partial charge in [0.15, 0.2) is 0 Å². The van der Waals surface area contributed by atoms with Crippen LogP contribution in [-0.4, -0.2) is 22.8 Å². The SMILES string of the molecule is COc1ccc(-c2nn(-c3ccccc3)cc2C2NC(=O)C(C#N)=C(S)N2c2ccccc2)cc1. The second-order valence-electron chi connectivity index (χ2n) is 7.83. The van der Waals surface area contributed by atoms with Crippen molar-refractivity contribution in [3.05, 3.63) is 107 Å². The van der Waals surface area contributed by atoms with Crippen molar-refractivity contribution in [1.82, 2.24) is 15.1 Å². The van der Waals surface area contributed by atoms with Gasteiger partial charge in [0.05, 0.1) is 23.5 Å². The summed E-state index contributed by atoms with van der Waals surface area (Å²) in [5.41, 5.74) is 3.90. The number of benzene rings is 3. The summed E-state index contributed by atoms with van der Waals surface area (Å²) in [6.45, 7) is 0. The number of rotatable bonds is 5. The number of thiol groups is 1. The number of hydrogen-bond donors (Lipinski definition) is 2. The van der Waals surface area contributed by atoms with Crippen molar-refractivity contribution in [3.8, 4) is 28.8 Å². The fraction of sp³-hybridized carbons (Fsp3) is 0.0741. The molecule has 8 heteroatoms. The number of carbonyl (C=O) groups excluding carboxylic acids is 1. The van der Waals surface area contributed by atoms with Crippen molar-refractivity contribution in [2.75, 3.05) is 12.0 Å². The van der Waals surface area contributed by atoms with Gasteiger partial charge in [-0.1, -0.05) is 36.4 Å². The molecule has 1 atom stereocenters. The zero-order valence-corrected chi connectivity index (χ0v) is 19.7. The summed E-state index contributed by atoms with van der Waals surface area (Å²) in [7, 11) is 1.62. The molecule has 7 nitrogen and oxygen atoms in total. The molecule has 3 aromatic carbocycles. The molecule has 2 heterocycles. The number of ether oxygens (including phenoxy) is 1. The van der Waals surface area contributed by atoms with Crippen molar-refractivity contribution < 1.29 is 9.53 Å². The lowest BCUT2D eigenvalue weighted by molar-refractivity contribution is -0.118. The van der Waals surface area contributed by atoms with E-state index < -0.39 is 12.1 Å². The summed E-state index contributed by atoms with van der Waals surface area (Å²) in [6.07, 6.45) is 1.25. The zero-order chi connectivity index (χ0) is 24.4. The molecule has 4 aromatic rings. The number of nitriles is 1. The first-order valence-corrected chi connectivity index (χ1v) is 11.3. The van der Waals surface area contributed by atoms with E-state index >= 15 is 0 Å². The van der Waals surface area contributed by atoms with E-state index in [4.69, 9.17) is 9.84 Å². The monoisotopic (exact) mass is 479 g/mol. The molecule has 1 aliphatic rings. The van der Waals surface area contributed by atoms with Crippen LogP contribution in [0.3, 0.4) is 0 Å². The number of amides is 1. The molecule has 1 unspecified atom stereocenters. The Hall–Kier alpha value is -4.48. The summed E-state index contributed by atoms with van der Waals surface area (Å²) in [5.74, 6) is 0.247. The average Bonchev–Trinajstić information content (AvgIpc) is 3.35. The van der Waals surface area contributed by atoms with Crippen molar-refractivity contribution >= 4 is 24.2 Å². The molecule has 0 radical (unpaired) electrons. The van der Waals surface area contributed by atoms with Crippen molar-refractivity contribution in [1.29, 1.82) is 5.26 Å². The van der Waals surface area contributed by atoms with Crippen LogP contribution in [0.5, 0.6) is 5.75 Å². The van der Waals surface area contributed by atoms with E-state index in [0.29, 0.717) is 5.69 Å². The van der Waals surface area contributed by atoms with Gasteiger partial charge >= 0.3 is 0 Å². The molecule has 0 aliphatic carbocycles. The molecular weight excluding hydrogens is 458 g/mol. The standard InChI is InChI=1S/C27H21N5O2S/c1-34-21-14-12-18(13-15-21)24-23(17-31(30-24)19-8-4-2-5-9-19)25-29-26(33)22(16-28)27(35)32(25)20-10-6-3-7-11-20/h2-15,17,25,35H,1H3,(H,29,33).